The molecule has 1 aromatic heterocycles. The highest BCUT2D eigenvalue weighted by atomic mass is 35.5. The van der Waals surface area contributed by atoms with Gasteiger partial charge in [-0.15, -0.1) is 12.4 Å². The van der Waals surface area contributed by atoms with Crippen LogP contribution in [-0.2, 0) is 4.79 Å². The standard InChI is InChI=1S/C18H23N3O2.ClH/c1-12(2)21-11-15(14-5-3-4-6-16(14)21)17(22)18(23)20-13-7-9-19-10-8-13;/h3-6,11-13,19H,7-10H2,1-2H3,(H,20,23);1H. The molecule has 5 nitrogen and oxygen atoms in total. The molecule has 1 amide bonds. The van der Waals surface area contributed by atoms with Gasteiger partial charge in [-0.3, -0.25) is 9.59 Å². The lowest BCUT2D eigenvalue weighted by Crippen LogP contribution is -2.45. The van der Waals surface area contributed by atoms with Gasteiger partial charge in [0.25, 0.3) is 11.7 Å². The van der Waals surface area contributed by atoms with Crippen molar-refractivity contribution in [3.63, 3.8) is 0 Å². The van der Waals surface area contributed by atoms with Crippen LogP contribution in [-0.4, -0.2) is 35.4 Å². The van der Waals surface area contributed by atoms with Crippen LogP contribution >= 0.6 is 12.4 Å². The van der Waals surface area contributed by atoms with Gasteiger partial charge in [-0.25, -0.2) is 0 Å². The van der Waals surface area contributed by atoms with E-state index < -0.39 is 11.7 Å². The minimum absolute atomic E-state index is 0. The smallest absolute Gasteiger partial charge is 0.292 e. The summed E-state index contributed by atoms with van der Waals surface area (Å²) < 4.78 is 2.04. The Morgan fingerprint density at radius 3 is 2.54 bits per heavy atom. The van der Waals surface area contributed by atoms with Gasteiger partial charge in [0.15, 0.2) is 0 Å². The van der Waals surface area contributed by atoms with Crippen molar-refractivity contribution in [2.75, 3.05) is 13.1 Å². The fourth-order valence-electron chi connectivity index (χ4n) is 3.15. The molecule has 24 heavy (non-hydrogen) atoms. The maximum Gasteiger partial charge on any atom is 0.292 e. The van der Waals surface area contributed by atoms with Crippen LogP contribution in [0.5, 0.6) is 0 Å². The number of hydrogen-bond donors (Lipinski definition) is 2. The number of rotatable bonds is 4. The quantitative estimate of drug-likeness (QED) is 0.659. The summed E-state index contributed by atoms with van der Waals surface area (Å²) in [5.41, 5.74) is 1.47. The zero-order valence-electron chi connectivity index (χ0n) is 14.0. The topological polar surface area (TPSA) is 63.1 Å². The van der Waals surface area contributed by atoms with Crippen LogP contribution in [0, 0.1) is 0 Å². The number of piperidine rings is 1. The van der Waals surface area contributed by atoms with Crippen LogP contribution in [0.3, 0.4) is 0 Å². The molecule has 0 radical (unpaired) electrons. The fourth-order valence-corrected chi connectivity index (χ4v) is 3.15. The third-order valence-corrected chi connectivity index (χ3v) is 4.42. The SMILES string of the molecule is CC(C)n1cc(C(=O)C(=O)NC2CCNCC2)c2ccccc21.Cl. The zero-order valence-corrected chi connectivity index (χ0v) is 14.9. The monoisotopic (exact) mass is 349 g/mol. The lowest BCUT2D eigenvalue weighted by Gasteiger charge is -2.23. The molecule has 2 N–H and O–H groups in total. The molecule has 1 fully saturated rings. The Hall–Kier alpha value is -1.85. The van der Waals surface area contributed by atoms with Crippen LogP contribution in [0.25, 0.3) is 10.9 Å². The number of amides is 1. The van der Waals surface area contributed by atoms with Crippen molar-refractivity contribution >= 4 is 35.0 Å². The maximum absolute atomic E-state index is 12.6. The first-order valence-corrected chi connectivity index (χ1v) is 8.23. The molecule has 0 spiro atoms. The van der Waals surface area contributed by atoms with Gasteiger partial charge >= 0.3 is 0 Å². The molecule has 0 saturated carbocycles. The third-order valence-electron chi connectivity index (χ3n) is 4.42. The molecule has 0 atom stereocenters. The van der Waals surface area contributed by atoms with Crippen LogP contribution in [0.4, 0.5) is 0 Å². The van der Waals surface area contributed by atoms with Gasteiger partial charge in [0.1, 0.15) is 0 Å². The van der Waals surface area contributed by atoms with Gasteiger partial charge in [-0.1, -0.05) is 18.2 Å². The summed E-state index contributed by atoms with van der Waals surface area (Å²) in [6.07, 6.45) is 3.54. The number of carbonyl (C=O) groups is 2. The number of Topliss-reactive ketones (excluding diaryl/α,β-unsaturated/α-hetero) is 1. The first-order valence-electron chi connectivity index (χ1n) is 8.23. The van der Waals surface area contributed by atoms with Crippen molar-refractivity contribution in [3.8, 4) is 0 Å². The van der Waals surface area contributed by atoms with Crippen molar-refractivity contribution < 1.29 is 9.59 Å². The Kier molecular flexibility index (Phi) is 6.02. The van der Waals surface area contributed by atoms with Crippen LogP contribution in [0.2, 0.25) is 0 Å². The number of benzene rings is 1. The minimum atomic E-state index is -0.497. The number of para-hydroxylation sites is 1. The van der Waals surface area contributed by atoms with E-state index in [2.05, 4.69) is 24.5 Å². The van der Waals surface area contributed by atoms with Gasteiger partial charge in [-0.2, -0.15) is 0 Å². The average molecular weight is 350 g/mol. The molecule has 1 aromatic carbocycles. The number of fused-ring (bicyclic) bond motifs is 1. The van der Waals surface area contributed by atoms with E-state index in [-0.39, 0.29) is 24.5 Å². The van der Waals surface area contributed by atoms with Crippen LogP contribution < -0.4 is 10.6 Å². The van der Waals surface area contributed by atoms with E-state index in [9.17, 15) is 9.59 Å². The molecule has 1 aliphatic rings. The summed E-state index contributed by atoms with van der Waals surface area (Å²) in [7, 11) is 0. The highest BCUT2D eigenvalue weighted by molar-refractivity contribution is 6.45. The number of aromatic nitrogens is 1. The normalized spacial score (nSPS) is 15.3. The first-order chi connectivity index (χ1) is 11.1. The first kappa shape index (κ1) is 18.5. The highest BCUT2D eigenvalue weighted by Crippen LogP contribution is 2.25. The summed E-state index contributed by atoms with van der Waals surface area (Å²) in [6, 6.07) is 8.05. The summed E-state index contributed by atoms with van der Waals surface area (Å²) in [4.78, 5) is 25.0. The number of nitrogens with zero attached hydrogens (tertiary/aromatic N) is 1. The average Bonchev–Trinajstić information content (AvgIpc) is 2.95. The van der Waals surface area contributed by atoms with Crippen molar-refractivity contribution in [3.05, 3.63) is 36.0 Å². The molecule has 3 rings (SSSR count). The van der Waals surface area contributed by atoms with Gasteiger partial charge in [-0.05, 0) is 45.8 Å². The van der Waals surface area contributed by atoms with Gasteiger partial charge in [0.05, 0.1) is 5.56 Å². The molecule has 130 valence electrons. The predicted octanol–water partition coefficient (Wildman–Crippen LogP) is 2.69. The molecule has 2 aromatic rings. The van der Waals surface area contributed by atoms with E-state index in [0.717, 1.165) is 36.8 Å². The molecule has 0 bridgehead atoms. The second kappa shape index (κ2) is 7.81. The Balaban J connectivity index is 0.00000208. The van der Waals surface area contributed by atoms with Crippen molar-refractivity contribution in [2.24, 2.45) is 0 Å². The summed E-state index contributed by atoms with van der Waals surface area (Å²) >= 11 is 0. The summed E-state index contributed by atoms with van der Waals surface area (Å²) in [6.45, 7) is 5.89. The Morgan fingerprint density at radius 1 is 1.21 bits per heavy atom. The number of ketones is 1. The van der Waals surface area contributed by atoms with Gasteiger partial charge in [0, 0.05) is 29.2 Å². The van der Waals surface area contributed by atoms with Crippen molar-refractivity contribution in [1.29, 1.82) is 0 Å². The summed E-state index contributed by atoms with van der Waals surface area (Å²) in [5, 5.41) is 6.97. The molecule has 1 aliphatic heterocycles. The number of halogens is 1. The van der Waals surface area contributed by atoms with E-state index >= 15 is 0 Å². The second-order valence-electron chi connectivity index (χ2n) is 6.39. The van der Waals surface area contributed by atoms with E-state index in [1.165, 1.54) is 0 Å². The molecule has 1 saturated heterocycles. The van der Waals surface area contributed by atoms with Crippen molar-refractivity contribution in [2.45, 2.75) is 38.8 Å². The molecular weight excluding hydrogens is 326 g/mol. The Morgan fingerprint density at radius 2 is 1.88 bits per heavy atom. The molecular formula is C18H24ClN3O2. The maximum atomic E-state index is 12.6. The number of carbonyl (C=O) groups excluding carboxylic acids is 2. The predicted molar refractivity (Wildman–Crippen MR) is 97.9 cm³/mol. The Labute approximate surface area is 148 Å². The number of hydrogen-bond acceptors (Lipinski definition) is 3. The molecule has 0 unspecified atom stereocenters. The largest absolute Gasteiger partial charge is 0.346 e. The number of nitrogens with one attached hydrogen (secondary N) is 2. The van der Waals surface area contributed by atoms with E-state index in [0.29, 0.717) is 5.56 Å². The van der Waals surface area contributed by atoms with Crippen LogP contribution in [0.15, 0.2) is 30.5 Å². The molecule has 6 heteroatoms. The van der Waals surface area contributed by atoms with Crippen molar-refractivity contribution in [1.82, 2.24) is 15.2 Å². The van der Waals surface area contributed by atoms with E-state index in [1.54, 1.807) is 6.20 Å². The molecule has 2 heterocycles. The van der Waals surface area contributed by atoms with E-state index in [4.69, 9.17) is 0 Å². The van der Waals surface area contributed by atoms with Crippen LogP contribution in [0.1, 0.15) is 43.1 Å². The third kappa shape index (κ3) is 3.62. The zero-order chi connectivity index (χ0) is 16.4. The van der Waals surface area contributed by atoms with Gasteiger partial charge in [0.2, 0.25) is 0 Å². The highest BCUT2D eigenvalue weighted by Gasteiger charge is 2.24. The summed E-state index contributed by atoms with van der Waals surface area (Å²) in [5.74, 6) is -0.942. The van der Waals surface area contributed by atoms with Gasteiger partial charge < -0.3 is 15.2 Å². The van der Waals surface area contributed by atoms with E-state index in [1.807, 2.05) is 28.8 Å². The lowest BCUT2D eigenvalue weighted by molar-refractivity contribution is -0.117. The second-order valence-corrected chi connectivity index (χ2v) is 6.39. The lowest BCUT2D eigenvalue weighted by atomic mass is 10.1. The molecule has 0 aliphatic carbocycles. The fraction of sp³-hybridized carbons (Fsp3) is 0.444. The Bertz CT molecular complexity index is 733. The minimum Gasteiger partial charge on any atom is -0.346 e.